The molecule has 0 bridgehead atoms. The number of alkyl halides is 6. The Bertz CT molecular complexity index is 1180. The Morgan fingerprint density at radius 3 is 2.19 bits per heavy atom. The average Bonchev–Trinajstić information content (AvgIpc) is 2.78. The van der Waals surface area contributed by atoms with Gasteiger partial charge in [-0.05, 0) is 48.9 Å². The normalized spacial score (nSPS) is 12.2. The summed E-state index contributed by atoms with van der Waals surface area (Å²) in [5.41, 5.74) is -3.60. The van der Waals surface area contributed by atoms with Crippen LogP contribution in [0.5, 0.6) is 5.75 Å². The molecular weight excluding hydrogens is 518 g/mol. The van der Waals surface area contributed by atoms with Crippen LogP contribution in [0.25, 0.3) is 0 Å². The summed E-state index contributed by atoms with van der Waals surface area (Å²) in [6.45, 7) is 2.80. The van der Waals surface area contributed by atoms with Gasteiger partial charge in [0.1, 0.15) is 12.4 Å². The van der Waals surface area contributed by atoms with Crippen LogP contribution in [0.1, 0.15) is 22.3 Å². The molecule has 0 saturated heterocycles. The number of amides is 1. The number of benzene rings is 2. The van der Waals surface area contributed by atoms with E-state index in [0.29, 0.717) is 17.9 Å². The zero-order chi connectivity index (χ0) is 27.1. The maximum atomic E-state index is 13.2. The summed E-state index contributed by atoms with van der Waals surface area (Å²) in [5.74, 6) is -0.774. The van der Waals surface area contributed by atoms with E-state index in [0.717, 1.165) is 18.2 Å². The molecule has 0 aliphatic heterocycles. The number of hydrogen-bond acceptors (Lipinski definition) is 5. The molecule has 2 aromatic rings. The molecular formula is C22H22F6N2O5S. The largest absolute Gasteiger partial charge is 0.491 e. The maximum Gasteiger partial charge on any atom is 0.416 e. The second-order valence-corrected chi connectivity index (χ2v) is 8.97. The second-order valence-electron chi connectivity index (χ2n) is 7.28. The van der Waals surface area contributed by atoms with E-state index in [2.05, 4.69) is 11.9 Å². The Kier molecular flexibility index (Phi) is 9.38. The van der Waals surface area contributed by atoms with Gasteiger partial charge in [0.05, 0.1) is 28.3 Å². The maximum absolute atomic E-state index is 13.2. The molecule has 2 N–H and O–H groups in total. The number of anilines is 1. The Balaban J connectivity index is 2.28. The van der Waals surface area contributed by atoms with Crippen molar-refractivity contribution in [1.29, 1.82) is 0 Å². The third kappa shape index (κ3) is 8.16. The number of methoxy groups -OCH3 is 1. The topological polar surface area (TPSA) is 93.7 Å². The summed E-state index contributed by atoms with van der Waals surface area (Å²) in [6, 6.07) is 6.61. The highest BCUT2D eigenvalue weighted by atomic mass is 32.2. The molecule has 36 heavy (non-hydrogen) atoms. The van der Waals surface area contributed by atoms with Crippen molar-refractivity contribution >= 4 is 21.6 Å². The van der Waals surface area contributed by atoms with Gasteiger partial charge in [0.25, 0.3) is 15.9 Å². The van der Waals surface area contributed by atoms with Gasteiger partial charge < -0.3 is 14.8 Å². The summed E-state index contributed by atoms with van der Waals surface area (Å²) in [7, 11) is -3.00. The van der Waals surface area contributed by atoms with E-state index in [9.17, 15) is 39.6 Å². The molecule has 0 radical (unpaired) electrons. The first-order valence-electron chi connectivity index (χ1n) is 10.1. The zero-order valence-electron chi connectivity index (χ0n) is 18.8. The van der Waals surface area contributed by atoms with E-state index in [1.54, 1.807) is 0 Å². The number of nitrogens with one attached hydrogen (secondary N) is 2. The summed E-state index contributed by atoms with van der Waals surface area (Å²) in [5, 5.41) is 2.12. The SMILES string of the molecule is C=C(CCNC(=O)c1ccc(C(F)(F)F)cc1NS(=O)(=O)c1ccc(OCCOC)cc1)C(F)(F)F. The highest BCUT2D eigenvalue weighted by Crippen LogP contribution is 2.33. The summed E-state index contributed by atoms with van der Waals surface area (Å²) in [6.07, 6.45) is -10.2. The van der Waals surface area contributed by atoms with Crippen molar-refractivity contribution in [1.82, 2.24) is 5.32 Å². The smallest absolute Gasteiger partial charge is 0.416 e. The molecule has 0 aliphatic carbocycles. The van der Waals surface area contributed by atoms with Crippen molar-refractivity contribution in [2.75, 3.05) is 31.6 Å². The molecule has 0 unspecified atom stereocenters. The van der Waals surface area contributed by atoms with Crippen LogP contribution in [0, 0.1) is 0 Å². The Morgan fingerprint density at radius 1 is 1.00 bits per heavy atom. The molecule has 1 amide bonds. The predicted octanol–water partition coefficient (Wildman–Crippen LogP) is 4.77. The third-order valence-corrected chi connectivity index (χ3v) is 6.02. The summed E-state index contributed by atoms with van der Waals surface area (Å²) in [4.78, 5) is 12.1. The van der Waals surface area contributed by atoms with Gasteiger partial charge in [-0.3, -0.25) is 9.52 Å². The zero-order valence-corrected chi connectivity index (χ0v) is 19.6. The molecule has 0 fully saturated rings. The Morgan fingerprint density at radius 2 is 1.64 bits per heavy atom. The minimum absolute atomic E-state index is 0.194. The Hall–Kier alpha value is -3.26. The van der Waals surface area contributed by atoms with Gasteiger partial charge in [0, 0.05) is 19.2 Å². The lowest BCUT2D eigenvalue weighted by atomic mass is 10.1. The van der Waals surface area contributed by atoms with E-state index in [4.69, 9.17) is 9.47 Å². The van der Waals surface area contributed by atoms with Crippen molar-refractivity contribution in [3.63, 3.8) is 0 Å². The number of sulfonamides is 1. The third-order valence-electron chi connectivity index (χ3n) is 4.64. The number of halogens is 6. The van der Waals surface area contributed by atoms with Gasteiger partial charge in [-0.1, -0.05) is 6.58 Å². The molecule has 0 heterocycles. The molecule has 198 valence electrons. The fourth-order valence-corrected chi connectivity index (χ4v) is 3.80. The first kappa shape index (κ1) is 29.0. The highest BCUT2D eigenvalue weighted by molar-refractivity contribution is 7.92. The fourth-order valence-electron chi connectivity index (χ4n) is 2.73. The standard InChI is InChI=1S/C22H22F6N2O5S/c1-14(21(23,24)25)9-10-29-20(31)18-8-3-15(22(26,27)28)13-19(18)30-36(32,33)17-6-4-16(5-7-17)35-12-11-34-2/h3-8,13,30H,1,9-12H2,2H3,(H,29,31). The molecule has 0 saturated carbocycles. The van der Waals surface area contributed by atoms with E-state index in [1.165, 1.54) is 19.2 Å². The van der Waals surface area contributed by atoms with Crippen LogP contribution in [0.4, 0.5) is 32.0 Å². The van der Waals surface area contributed by atoms with Crippen LogP contribution in [0.2, 0.25) is 0 Å². The number of hydrogen-bond donors (Lipinski definition) is 2. The quantitative estimate of drug-likeness (QED) is 0.243. The van der Waals surface area contributed by atoms with E-state index in [1.807, 2.05) is 4.72 Å². The lowest BCUT2D eigenvalue weighted by Gasteiger charge is -2.16. The van der Waals surface area contributed by atoms with Crippen molar-refractivity contribution < 1.29 is 49.0 Å². The fraction of sp³-hybridized carbons (Fsp3) is 0.318. The van der Waals surface area contributed by atoms with Crippen molar-refractivity contribution in [3.05, 3.63) is 65.7 Å². The van der Waals surface area contributed by atoms with E-state index < -0.39 is 63.6 Å². The molecule has 0 aromatic heterocycles. The average molecular weight is 540 g/mol. The predicted molar refractivity (Wildman–Crippen MR) is 118 cm³/mol. The van der Waals surface area contributed by atoms with Crippen molar-refractivity contribution in [3.8, 4) is 5.75 Å². The number of rotatable bonds is 11. The van der Waals surface area contributed by atoms with Gasteiger partial charge in [0.15, 0.2) is 0 Å². The first-order chi connectivity index (χ1) is 16.6. The van der Waals surface area contributed by atoms with Gasteiger partial charge in [-0.2, -0.15) is 26.3 Å². The number of ether oxygens (including phenoxy) is 2. The second kappa shape index (κ2) is 11.6. The Labute approximate surface area is 203 Å². The monoisotopic (exact) mass is 540 g/mol. The van der Waals surface area contributed by atoms with E-state index in [-0.39, 0.29) is 18.1 Å². The minimum atomic E-state index is -4.86. The van der Waals surface area contributed by atoms with Crippen LogP contribution >= 0.6 is 0 Å². The summed E-state index contributed by atoms with van der Waals surface area (Å²) >= 11 is 0. The van der Waals surface area contributed by atoms with Gasteiger partial charge in [0.2, 0.25) is 0 Å². The van der Waals surface area contributed by atoms with E-state index >= 15 is 0 Å². The lowest BCUT2D eigenvalue weighted by Crippen LogP contribution is -2.28. The molecule has 0 spiro atoms. The molecule has 2 aromatic carbocycles. The van der Waals surface area contributed by atoms with Crippen molar-refractivity contribution in [2.45, 2.75) is 23.7 Å². The molecule has 0 atom stereocenters. The van der Waals surface area contributed by atoms with Gasteiger partial charge in [-0.15, -0.1) is 0 Å². The highest BCUT2D eigenvalue weighted by Gasteiger charge is 2.33. The lowest BCUT2D eigenvalue weighted by molar-refractivity contribution is -0.137. The number of carbonyl (C=O) groups is 1. The first-order valence-corrected chi connectivity index (χ1v) is 11.6. The van der Waals surface area contributed by atoms with Crippen LogP contribution in [-0.2, 0) is 20.9 Å². The van der Waals surface area contributed by atoms with Crippen LogP contribution < -0.4 is 14.8 Å². The molecule has 7 nitrogen and oxygen atoms in total. The minimum Gasteiger partial charge on any atom is -0.491 e. The van der Waals surface area contributed by atoms with Crippen molar-refractivity contribution in [2.24, 2.45) is 0 Å². The van der Waals surface area contributed by atoms with Gasteiger partial charge >= 0.3 is 12.4 Å². The molecule has 14 heteroatoms. The summed E-state index contributed by atoms with van der Waals surface area (Å²) < 4.78 is 115. The van der Waals surface area contributed by atoms with Crippen LogP contribution in [0.3, 0.4) is 0 Å². The van der Waals surface area contributed by atoms with Gasteiger partial charge in [-0.25, -0.2) is 8.42 Å². The molecule has 2 rings (SSSR count). The van der Waals surface area contributed by atoms with Crippen LogP contribution in [-0.4, -0.2) is 47.4 Å². The number of carbonyl (C=O) groups excluding carboxylic acids is 1. The molecule has 0 aliphatic rings. The van der Waals surface area contributed by atoms with Crippen LogP contribution in [0.15, 0.2) is 59.5 Å².